The van der Waals surface area contributed by atoms with Gasteiger partial charge in [0.05, 0.1) is 0 Å². The summed E-state index contributed by atoms with van der Waals surface area (Å²) in [7, 11) is 0. The molecule has 0 spiro atoms. The van der Waals surface area contributed by atoms with Crippen LogP contribution in [0.5, 0.6) is 0 Å². The highest BCUT2D eigenvalue weighted by molar-refractivity contribution is 5.84. The quantitative estimate of drug-likeness (QED) is 0.540. The summed E-state index contributed by atoms with van der Waals surface area (Å²) in [4.78, 5) is 21.7. The number of benzene rings is 1. The van der Waals surface area contributed by atoms with E-state index in [-0.39, 0.29) is 5.91 Å². The lowest BCUT2D eigenvalue weighted by Crippen LogP contribution is -2.47. The first-order valence-corrected chi connectivity index (χ1v) is 9.95. The number of aromatic amines is 1. The SMILES string of the molecule is CCNC(=NCCc1c[nH]c2cc(C)ccc12)N1CCCC(CC(N)=O)C1. The Labute approximate surface area is 161 Å². The summed E-state index contributed by atoms with van der Waals surface area (Å²) in [5.41, 5.74) is 9.14. The van der Waals surface area contributed by atoms with Crippen LogP contribution < -0.4 is 11.1 Å². The Morgan fingerprint density at radius 3 is 3.07 bits per heavy atom. The van der Waals surface area contributed by atoms with E-state index in [4.69, 9.17) is 10.7 Å². The van der Waals surface area contributed by atoms with Crippen LogP contribution in [-0.4, -0.2) is 47.9 Å². The molecule has 1 aliphatic rings. The molecule has 0 aliphatic carbocycles. The van der Waals surface area contributed by atoms with Crippen LogP contribution >= 0.6 is 0 Å². The Balaban J connectivity index is 1.65. The van der Waals surface area contributed by atoms with Gasteiger partial charge in [-0.2, -0.15) is 0 Å². The Bertz CT molecular complexity index is 810. The van der Waals surface area contributed by atoms with E-state index in [1.807, 2.05) is 0 Å². The largest absolute Gasteiger partial charge is 0.370 e. The van der Waals surface area contributed by atoms with Crippen molar-refractivity contribution in [1.29, 1.82) is 0 Å². The molecule has 27 heavy (non-hydrogen) atoms. The summed E-state index contributed by atoms with van der Waals surface area (Å²) in [5.74, 6) is 1.07. The van der Waals surface area contributed by atoms with Crippen molar-refractivity contribution in [3.63, 3.8) is 0 Å². The predicted octanol–water partition coefficient (Wildman–Crippen LogP) is 2.57. The molecule has 1 amide bonds. The van der Waals surface area contributed by atoms with Gasteiger partial charge in [0.25, 0.3) is 0 Å². The van der Waals surface area contributed by atoms with Gasteiger partial charge in [-0.1, -0.05) is 12.1 Å². The van der Waals surface area contributed by atoms with E-state index in [0.29, 0.717) is 12.3 Å². The van der Waals surface area contributed by atoms with Crippen LogP contribution in [0.25, 0.3) is 10.9 Å². The molecule has 1 aromatic heterocycles. The lowest BCUT2D eigenvalue weighted by molar-refractivity contribution is -0.119. The fourth-order valence-corrected chi connectivity index (χ4v) is 3.92. The van der Waals surface area contributed by atoms with Crippen molar-refractivity contribution >= 4 is 22.8 Å². The Morgan fingerprint density at radius 1 is 1.44 bits per heavy atom. The third-order valence-electron chi connectivity index (χ3n) is 5.21. The molecule has 1 saturated heterocycles. The maximum atomic E-state index is 11.3. The molecule has 6 heteroatoms. The molecule has 2 aromatic rings. The number of guanidine groups is 1. The molecule has 1 unspecified atom stereocenters. The molecule has 3 rings (SSSR count). The topological polar surface area (TPSA) is 86.5 Å². The highest BCUT2D eigenvalue weighted by Crippen LogP contribution is 2.21. The lowest BCUT2D eigenvalue weighted by Gasteiger charge is -2.34. The first-order valence-electron chi connectivity index (χ1n) is 9.95. The summed E-state index contributed by atoms with van der Waals surface area (Å²) >= 11 is 0. The van der Waals surface area contributed by atoms with Gasteiger partial charge in [-0.05, 0) is 56.2 Å². The Hall–Kier alpha value is -2.50. The van der Waals surface area contributed by atoms with Gasteiger partial charge >= 0.3 is 0 Å². The van der Waals surface area contributed by atoms with Crippen molar-refractivity contribution in [1.82, 2.24) is 15.2 Å². The number of aromatic nitrogens is 1. The zero-order valence-electron chi connectivity index (χ0n) is 16.4. The first-order chi connectivity index (χ1) is 13.1. The third-order valence-corrected chi connectivity index (χ3v) is 5.21. The van der Waals surface area contributed by atoms with Gasteiger partial charge in [0.1, 0.15) is 0 Å². The lowest BCUT2D eigenvalue weighted by atomic mass is 9.95. The number of nitrogens with one attached hydrogen (secondary N) is 2. The molecule has 0 bridgehead atoms. The van der Waals surface area contributed by atoms with E-state index in [2.05, 4.69) is 53.4 Å². The number of piperidine rings is 1. The van der Waals surface area contributed by atoms with E-state index >= 15 is 0 Å². The minimum absolute atomic E-state index is 0.210. The minimum Gasteiger partial charge on any atom is -0.370 e. The number of likely N-dealkylation sites (tertiary alicyclic amines) is 1. The average molecular weight is 370 g/mol. The first kappa shape index (κ1) is 19.3. The van der Waals surface area contributed by atoms with Gasteiger partial charge in [-0.15, -0.1) is 0 Å². The van der Waals surface area contributed by atoms with Crippen LogP contribution in [0.3, 0.4) is 0 Å². The van der Waals surface area contributed by atoms with Crippen molar-refractivity contribution in [3.05, 3.63) is 35.5 Å². The molecular weight excluding hydrogens is 338 g/mol. The zero-order valence-corrected chi connectivity index (χ0v) is 16.4. The van der Waals surface area contributed by atoms with Crippen molar-refractivity contribution in [2.75, 3.05) is 26.2 Å². The number of nitrogens with zero attached hydrogens (tertiary/aromatic N) is 2. The summed E-state index contributed by atoms with van der Waals surface area (Å²) in [6.07, 6.45) is 5.59. The van der Waals surface area contributed by atoms with E-state index in [0.717, 1.165) is 51.4 Å². The van der Waals surface area contributed by atoms with Crippen LogP contribution in [-0.2, 0) is 11.2 Å². The van der Waals surface area contributed by atoms with Crippen molar-refractivity contribution in [2.45, 2.75) is 39.5 Å². The monoisotopic (exact) mass is 369 g/mol. The number of nitrogens with two attached hydrogens (primary N) is 1. The maximum absolute atomic E-state index is 11.3. The Morgan fingerprint density at radius 2 is 2.30 bits per heavy atom. The fraction of sp³-hybridized carbons (Fsp3) is 0.524. The number of hydrogen-bond acceptors (Lipinski definition) is 2. The molecule has 0 radical (unpaired) electrons. The molecule has 4 N–H and O–H groups in total. The molecular formula is C21H31N5O. The molecule has 6 nitrogen and oxygen atoms in total. The van der Waals surface area contributed by atoms with Gasteiger partial charge in [-0.25, -0.2) is 0 Å². The Kier molecular flexibility index (Phi) is 6.37. The van der Waals surface area contributed by atoms with Gasteiger partial charge in [-0.3, -0.25) is 9.79 Å². The molecule has 2 heterocycles. The van der Waals surface area contributed by atoms with Gasteiger partial charge in [0.15, 0.2) is 5.96 Å². The second kappa shape index (κ2) is 8.93. The molecule has 1 aromatic carbocycles. The summed E-state index contributed by atoms with van der Waals surface area (Å²) in [6, 6.07) is 6.52. The van der Waals surface area contributed by atoms with Crippen molar-refractivity contribution in [3.8, 4) is 0 Å². The van der Waals surface area contributed by atoms with E-state index < -0.39 is 0 Å². The minimum atomic E-state index is -0.210. The van der Waals surface area contributed by atoms with Crippen LogP contribution in [0.2, 0.25) is 0 Å². The van der Waals surface area contributed by atoms with Crippen LogP contribution in [0.4, 0.5) is 0 Å². The highest BCUT2D eigenvalue weighted by atomic mass is 16.1. The second-order valence-corrected chi connectivity index (χ2v) is 7.47. The standard InChI is InChI=1S/C21H31N5O/c1-3-23-21(26-10-4-5-16(14-26)12-20(22)27)24-9-8-17-13-25-19-11-15(2)6-7-18(17)19/h6-7,11,13,16,25H,3-5,8-10,12,14H2,1-2H3,(H2,22,27)(H,23,24). The smallest absolute Gasteiger partial charge is 0.217 e. The number of carbonyl (C=O) groups is 1. The molecule has 1 fully saturated rings. The van der Waals surface area contributed by atoms with Gasteiger partial charge in [0, 0.05) is 49.7 Å². The second-order valence-electron chi connectivity index (χ2n) is 7.47. The third kappa shape index (κ3) is 5.02. The normalized spacial score (nSPS) is 18.1. The molecule has 1 atom stereocenters. The van der Waals surface area contributed by atoms with E-state index in [1.54, 1.807) is 0 Å². The van der Waals surface area contributed by atoms with Crippen LogP contribution in [0, 0.1) is 12.8 Å². The zero-order chi connectivity index (χ0) is 19.2. The number of aliphatic imine (C=N–C) groups is 1. The predicted molar refractivity (Wildman–Crippen MR) is 111 cm³/mol. The maximum Gasteiger partial charge on any atom is 0.217 e. The fourth-order valence-electron chi connectivity index (χ4n) is 3.92. The van der Waals surface area contributed by atoms with Gasteiger partial charge in [0.2, 0.25) is 5.91 Å². The number of primary amides is 1. The summed E-state index contributed by atoms with van der Waals surface area (Å²) in [6.45, 7) is 7.59. The average Bonchev–Trinajstić information content (AvgIpc) is 3.02. The number of amides is 1. The molecule has 0 saturated carbocycles. The highest BCUT2D eigenvalue weighted by Gasteiger charge is 2.23. The number of aryl methyl sites for hydroxylation is 1. The van der Waals surface area contributed by atoms with Crippen LogP contribution in [0.15, 0.2) is 29.4 Å². The van der Waals surface area contributed by atoms with Crippen molar-refractivity contribution < 1.29 is 4.79 Å². The molecule has 1 aliphatic heterocycles. The van der Waals surface area contributed by atoms with E-state index in [9.17, 15) is 4.79 Å². The van der Waals surface area contributed by atoms with Crippen LogP contribution in [0.1, 0.15) is 37.3 Å². The number of hydrogen-bond donors (Lipinski definition) is 3. The summed E-state index contributed by atoms with van der Waals surface area (Å²) in [5, 5.41) is 4.68. The van der Waals surface area contributed by atoms with Crippen molar-refractivity contribution in [2.24, 2.45) is 16.6 Å². The molecule has 146 valence electrons. The number of carbonyl (C=O) groups excluding carboxylic acids is 1. The van der Waals surface area contributed by atoms with E-state index in [1.165, 1.54) is 22.0 Å². The summed E-state index contributed by atoms with van der Waals surface area (Å²) < 4.78 is 0. The van der Waals surface area contributed by atoms with Gasteiger partial charge < -0.3 is 20.9 Å². The number of fused-ring (bicyclic) bond motifs is 1. The number of H-pyrrole nitrogens is 1. The number of rotatable bonds is 6.